The molecule has 0 fully saturated rings. The molecule has 0 saturated carbocycles. The Morgan fingerprint density at radius 3 is 2.42 bits per heavy atom. The van der Waals surface area contributed by atoms with E-state index in [-0.39, 0.29) is 16.4 Å². The lowest BCUT2D eigenvalue weighted by Crippen LogP contribution is -2.02. The largest absolute Gasteiger partial charge is 0.232 e. The average Bonchev–Trinajstić information content (AvgIpc) is 2.40. The first-order valence-electron chi connectivity index (χ1n) is 5.62. The van der Waals surface area contributed by atoms with E-state index in [0.717, 1.165) is 12.1 Å². The first-order valence-corrected chi connectivity index (χ1v) is 6.00. The highest BCUT2D eigenvalue weighted by atomic mass is 35.5. The normalized spacial score (nSPS) is 10.8. The van der Waals surface area contributed by atoms with Gasteiger partial charge in [0.2, 0.25) is 0 Å². The summed E-state index contributed by atoms with van der Waals surface area (Å²) in [7, 11) is 0. The molecule has 0 aliphatic carbocycles. The second-order valence-electron chi connectivity index (χ2n) is 3.98. The summed E-state index contributed by atoms with van der Waals surface area (Å²) in [6.45, 7) is 3.41. The molecule has 19 heavy (non-hydrogen) atoms. The van der Waals surface area contributed by atoms with Crippen LogP contribution in [0.2, 0.25) is 5.15 Å². The number of aryl methyl sites for hydroxylation is 1. The summed E-state index contributed by atoms with van der Waals surface area (Å²) >= 11 is 5.93. The standard InChI is InChI=1S/C13H10ClF3N2/c1-3-9-18-12(6(2)13(14)19-9)7-4-5-8(15)11(17)10(7)16/h4-5H,3H2,1-2H3. The summed E-state index contributed by atoms with van der Waals surface area (Å²) in [5.74, 6) is -3.63. The SMILES string of the molecule is CCc1nc(Cl)c(C)c(-c2ccc(F)c(F)c2F)n1. The minimum Gasteiger partial charge on any atom is -0.232 e. The van der Waals surface area contributed by atoms with Crippen LogP contribution >= 0.6 is 11.6 Å². The minimum atomic E-state index is -1.52. The Morgan fingerprint density at radius 2 is 1.79 bits per heavy atom. The molecule has 6 heteroatoms. The predicted octanol–water partition coefficient (Wildman–Crippen LogP) is 4.09. The van der Waals surface area contributed by atoms with Crippen LogP contribution in [0.1, 0.15) is 18.3 Å². The number of hydrogen-bond acceptors (Lipinski definition) is 2. The van der Waals surface area contributed by atoms with Gasteiger partial charge < -0.3 is 0 Å². The molecule has 0 unspecified atom stereocenters. The summed E-state index contributed by atoms with van der Waals surface area (Å²) in [4.78, 5) is 8.14. The van der Waals surface area contributed by atoms with Crippen molar-refractivity contribution in [2.45, 2.75) is 20.3 Å². The number of rotatable bonds is 2. The van der Waals surface area contributed by atoms with E-state index in [2.05, 4.69) is 9.97 Å². The van der Waals surface area contributed by atoms with Crippen LogP contribution in [-0.4, -0.2) is 9.97 Å². The van der Waals surface area contributed by atoms with Gasteiger partial charge in [-0.15, -0.1) is 0 Å². The van der Waals surface area contributed by atoms with Crippen molar-refractivity contribution in [1.82, 2.24) is 9.97 Å². The summed E-state index contributed by atoms with van der Waals surface area (Å²) < 4.78 is 40.0. The van der Waals surface area contributed by atoms with E-state index < -0.39 is 17.5 Å². The van der Waals surface area contributed by atoms with Crippen molar-refractivity contribution in [3.05, 3.63) is 46.1 Å². The van der Waals surface area contributed by atoms with Crippen LogP contribution in [0.4, 0.5) is 13.2 Å². The van der Waals surface area contributed by atoms with E-state index in [0.29, 0.717) is 17.8 Å². The Labute approximate surface area is 113 Å². The lowest BCUT2D eigenvalue weighted by molar-refractivity contribution is 0.448. The molecule has 0 atom stereocenters. The van der Waals surface area contributed by atoms with Crippen molar-refractivity contribution in [2.24, 2.45) is 0 Å². The molecule has 0 N–H and O–H groups in total. The maximum absolute atomic E-state index is 13.8. The maximum Gasteiger partial charge on any atom is 0.195 e. The number of benzene rings is 1. The molecule has 0 amide bonds. The van der Waals surface area contributed by atoms with Crippen molar-refractivity contribution in [1.29, 1.82) is 0 Å². The van der Waals surface area contributed by atoms with Crippen molar-refractivity contribution < 1.29 is 13.2 Å². The molecule has 1 heterocycles. The third kappa shape index (κ3) is 2.42. The fraction of sp³-hybridized carbons (Fsp3) is 0.231. The van der Waals surface area contributed by atoms with Gasteiger partial charge in [-0.05, 0) is 19.1 Å². The Hall–Kier alpha value is -1.62. The van der Waals surface area contributed by atoms with Gasteiger partial charge in [-0.25, -0.2) is 23.1 Å². The van der Waals surface area contributed by atoms with Crippen molar-refractivity contribution in [2.75, 3.05) is 0 Å². The van der Waals surface area contributed by atoms with Gasteiger partial charge in [0, 0.05) is 17.5 Å². The zero-order valence-electron chi connectivity index (χ0n) is 10.3. The van der Waals surface area contributed by atoms with E-state index in [1.165, 1.54) is 0 Å². The van der Waals surface area contributed by atoms with E-state index in [9.17, 15) is 13.2 Å². The molecule has 2 nitrogen and oxygen atoms in total. The Balaban J connectivity index is 2.72. The second-order valence-corrected chi connectivity index (χ2v) is 4.34. The lowest BCUT2D eigenvalue weighted by Gasteiger charge is -2.10. The zero-order chi connectivity index (χ0) is 14.2. The van der Waals surface area contributed by atoms with E-state index in [1.54, 1.807) is 6.92 Å². The van der Waals surface area contributed by atoms with Gasteiger partial charge in [0.15, 0.2) is 17.5 Å². The highest BCUT2D eigenvalue weighted by Crippen LogP contribution is 2.29. The third-order valence-corrected chi connectivity index (χ3v) is 3.11. The second kappa shape index (κ2) is 5.17. The van der Waals surface area contributed by atoms with Gasteiger partial charge in [0.25, 0.3) is 0 Å². The zero-order valence-corrected chi connectivity index (χ0v) is 11.0. The van der Waals surface area contributed by atoms with Crippen LogP contribution in [0.15, 0.2) is 12.1 Å². The van der Waals surface area contributed by atoms with Crippen molar-refractivity contribution in [3.63, 3.8) is 0 Å². The van der Waals surface area contributed by atoms with Gasteiger partial charge in [0.05, 0.1) is 5.69 Å². The van der Waals surface area contributed by atoms with Gasteiger partial charge >= 0.3 is 0 Å². The summed E-state index contributed by atoms with van der Waals surface area (Å²) in [5, 5.41) is 0.172. The van der Waals surface area contributed by atoms with Gasteiger partial charge in [-0.2, -0.15) is 0 Å². The molecular formula is C13H10ClF3N2. The van der Waals surface area contributed by atoms with Crippen LogP contribution in [0.5, 0.6) is 0 Å². The molecular weight excluding hydrogens is 277 g/mol. The molecule has 0 aliphatic rings. The van der Waals surface area contributed by atoms with Crippen LogP contribution < -0.4 is 0 Å². The van der Waals surface area contributed by atoms with Gasteiger partial charge in [-0.1, -0.05) is 18.5 Å². The molecule has 0 spiro atoms. The quantitative estimate of drug-likeness (QED) is 0.614. The number of aromatic nitrogens is 2. The summed E-state index contributed by atoms with van der Waals surface area (Å²) in [6, 6.07) is 1.99. The average molecular weight is 287 g/mol. The number of halogens is 4. The maximum atomic E-state index is 13.8. The Bertz CT molecular complexity index is 644. The predicted molar refractivity (Wildman–Crippen MR) is 66.5 cm³/mol. The van der Waals surface area contributed by atoms with E-state index >= 15 is 0 Å². The minimum absolute atomic E-state index is 0.129. The van der Waals surface area contributed by atoms with Gasteiger partial charge in [0.1, 0.15) is 11.0 Å². The fourth-order valence-corrected chi connectivity index (χ4v) is 1.85. The summed E-state index contributed by atoms with van der Waals surface area (Å²) in [5.41, 5.74) is 0.465. The van der Waals surface area contributed by atoms with Crippen molar-refractivity contribution in [3.8, 4) is 11.3 Å². The Morgan fingerprint density at radius 1 is 1.11 bits per heavy atom. The molecule has 2 aromatic rings. The number of nitrogens with zero attached hydrogens (tertiary/aromatic N) is 2. The Kier molecular flexibility index (Phi) is 3.75. The van der Waals surface area contributed by atoms with Crippen LogP contribution in [-0.2, 0) is 6.42 Å². The highest BCUT2D eigenvalue weighted by molar-refractivity contribution is 6.30. The third-order valence-electron chi connectivity index (χ3n) is 2.74. The smallest absolute Gasteiger partial charge is 0.195 e. The molecule has 1 aromatic heterocycles. The molecule has 2 rings (SSSR count). The summed E-state index contributed by atoms with van der Waals surface area (Å²) in [6.07, 6.45) is 0.498. The van der Waals surface area contributed by atoms with Crippen LogP contribution in [0.25, 0.3) is 11.3 Å². The molecule has 1 aromatic carbocycles. The monoisotopic (exact) mass is 286 g/mol. The van der Waals surface area contributed by atoms with Crippen LogP contribution in [0, 0.1) is 24.4 Å². The van der Waals surface area contributed by atoms with E-state index in [4.69, 9.17) is 11.6 Å². The molecule has 0 aliphatic heterocycles. The van der Waals surface area contributed by atoms with Crippen molar-refractivity contribution >= 4 is 11.6 Å². The van der Waals surface area contributed by atoms with E-state index in [1.807, 2.05) is 6.92 Å². The topological polar surface area (TPSA) is 25.8 Å². The highest BCUT2D eigenvalue weighted by Gasteiger charge is 2.19. The van der Waals surface area contributed by atoms with Gasteiger partial charge in [-0.3, -0.25) is 0 Å². The molecule has 0 bridgehead atoms. The first kappa shape index (κ1) is 13.8. The molecule has 0 radical (unpaired) electrons. The van der Waals surface area contributed by atoms with Crippen LogP contribution in [0.3, 0.4) is 0 Å². The number of hydrogen-bond donors (Lipinski definition) is 0. The molecule has 0 saturated heterocycles. The molecule has 100 valence electrons. The first-order chi connectivity index (χ1) is 8.95. The lowest BCUT2D eigenvalue weighted by atomic mass is 10.1. The fourth-order valence-electron chi connectivity index (χ4n) is 1.66.